The smallest absolute Gasteiger partial charge is 0.265 e. The molecule has 0 aromatic heterocycles. The molecule has 1 rings (SSSR count). The fourth-order valence-corrected chi connectivity index (χ4v) is 2.04. The van der Waals surface area contributed by atoms with Gasteiger partial charge in [0.2, 0.25) is 0 Å². The molecule has 2 nitrogen and oxygen atoms in total. The molecule has 0 fully saturated rings. The van der Waals surface area contributed by atoms with E-state index in [1.807, 2.05) is 0 Å². The van der Waals surface area contributed by atoms with Gasteiger partial charge in [-0.1, -0.05) is 22.0 Å². The molecule has 0 aliphatic heterocycles. The van der Waals surface area contributed by atoms with Crippen molar-refractivity contribution in [3.63, 3.8) is 0 Å². The topological polar surface area (TPSA) is 32.3 Å². The second-order valence-electron chi connectivity index (χ2n) is 3.70. The van der Waals surface area contributed by atoms with Crippen LogP contribution in [0.2, 0.25) is 0 Å². The predicted molar refractivity (Wildman–Crippen MR) is 62.5 cm³/mol. The number of hydrogen-bond donors (Lipinski definition) is 2. The summed E-state index contributed by atoms with van der Waals surface area (Å²) >= 11 is 3.19. The minimum Gasteiger partial charge on any atom is -0.386 e. The van der Waals surface area contributed by atoms with Gasteiger partial charge in [-0.3, -0.25) is 0 Å². The molecule has 0 aliphatic carbocycles. The van der Waals surface area contributed by atoms with Crippen LogP contribution in [-0.2, 0) is 0 Å². The first-order valence-corrected chi connectivity index (χ1v) is 5.85. The second kappa shape index (κ2) is 6.37. The highest BCUT2D eigenvalue weighted by Gasteiger charge is 2.18. The lowest BCUT2D eigenvalue weighted by molar-refractivity contribution is -0.00440. The molecular weight excluding hydrogens is 299 g/mol. The number of benzene rings is 1. The number of aliphatic hydroxyl groups is 1. The minimum atomic E-state index is -2.77. The van der Waals surface area contributed by atoms with Crippen LogP contribution in [0, 0.1) is 5.82 Å². The highest BCUT2D eigenvalue weighted by molar-refractivity contribution is 9.10. The summed E-state index contributed by atoms with van der Waals surface area (Å²) in [6.07, 6.45) is -4.47. The summed E-state index contributed by atoms with van der Waals surface area (Å²) < 4.78 is 37.5. The Kier molecular flexibility index (Phi) is 5.42. The Bertz CT molecular complexity index is 376. The molecule has 96 valence electrons. The Morgan fingerprint density at radius 3 is 2.59 bits per heavy atom. The van der Waals surface area contributed by atoms with E-state index in [9.17, 15) is 13.2 Å². The highest BCUT2D eigenvalue weighted by atomic mass is 79.9. The van der Waals surface area contributed by atoms with Crippen LogP contribution in [0.3, 0.4) is 0 Å². The van der Waals surface area contributed by atoms with Crippen molar-refractivity contribution >= 4 is 15.9 Å². The molecule has 6 heteroatoms. The van der Waals surface area contributed by atoms with Crippen LogP contribution >= 0.6 is 15.9 Å². The number of hydrogen-bond acceptors (Lipinski definition) is 2. The number of aliphatic hydroxyl groups excluding tert-OH is 1. The van der Waals surface area contributed by atoms with Crippen molar-refractivity contribution in [1.82, 2.24) is 5.32 Å². The van der Waals surface area contributed by atoms with Gasteiger partial charge in [0.1, 0.15) is 11.9 Å². The summed E-state index contributed by atoms with van der Waals surface area (Å²) in [5.41, 5.74) is 0.743. The lowest BCUT2D eigenvalue weighted by Crippen LogP contribution is -2.33. The van der Waals surface area contributed by atoms with E-state index < -0.39 is 12.5 Å². The molecular formula is C11H13BrF3NO. The first kappa shape index (κ1) is 14.5. The van der Waals surface area contributed by atoms with Gasteiger partial charge in [-0.25, -0.2) is 13.2 Å². The van der Waals surface area contributed by atoms with E-state index in [1.54, 1.807) is 13.0 Å². The molecule has 1 aromatic rings. The molecule has 2 atom stereocenters. The fraction of sp³-hybridized carbons (Fsp3) is 0.455. The quantitative estimate of drug-likeness (QED) is 0.876. The van der Waals surface area contributed by atoms with Gasteiger partial charge in [-0.15, -0.1) is 0 Å². The van der Waals surface area contributed by atoms with Crippen molar-refractivity contribution in [3.8, 4) is 0 Å². The van der Waals surface area contributed by atoms with Crippen molar-refractivity contribution in [1.29, 1.82) is 0 Å². The molecule has 0 radical (unpaired) electrons. The number of rotatable bonds is 5. The molecule has 0 saturated carbocycles. The van der Waals surface area contributed by atoms with E-state index >= 15 is 0 Å². The zero-order chi connectivity index (χ0) is 13.0. The van der Waals surface area contributed by atoms with E-state index in [1.165, 1.54) is 12.1 Å². The molecule has 2 unspecified atom stereocenters. The minimum absolute atomic E-state index is 0.220. The van der Waals surface area contributed by atoms with Crippen LogP contribution in [0.4, 0.5) is 13.2 Å². The van der Waals surface area contributed by atoms with Gasteiger partial charge in [0.15, 0.2) is 0 Å². The SMILES string of the molecule is CC(NCC(O)C(F)F)c1ccc(F)cc1Br. The third-order valence-corrected chi connectivity index (χ3v) is 3.04. The third-order valence-electron chi connectivity index (χ3n) is 2.35. The van der Waals surface area contributed by atoms with Crippen molar-refractivity contribution in [2.24, 2.45) is 0 Å². The van der Waals surface area contributed by atoms with Gasteiger partial charge in [0.05, 0.1) is 0 Å². The number of halogens is 4. The van der Waals surface area contributed by atoms with Crippen molar-refractivity contribution < 1.29 is 18.3 Å². The van der Waals surface area contributed by atoms with Crippen LogP contribution < -0.4 is 5.32 Å². The van der Waals surface area contributed by atoms with Gasteiger partial charge < -0.3 is 10.4 Å². The lowest BCUT2D eigenvalue weighted by atomic mass is 10.1. The number of nitrogens with one attached hydrogen (secondary N) is 1. The Balaban J connectivity index is 2.61. The standard InChI is InChI=1S/C11H13BrF3NO/c1-6(16-5-10(17)11(14)15)8-3-2-7(13)4-9(8)12/h2-4,6,10-11,16-17H,5H2,1H3. The monoisotopic (exact) mass is 311 g/mol. The maximum atomic E-state index is 12.8. The molecule has 17 heavy (non-hydrogen) atoms. The van der Waals surface area contributed by atoms with Gasteiger partial charge >= 0.3 is 0 Å². The average Bonchev–Trinajstić information content (AvgIpc) is 2.25. The maximum absolute atomic E-state index is 12.8. The Morgan fingerprint density at radius 1 is 1.41 bits per heavy atom. The highest BCUT2D eigenvalue weighted by Crippen LogP contribution is 2.24. The lowest BCUT2D eigenvalue weighted by Gasteiger charge is -2.18. The molecule has 1 aromatic carbocycles. The van der Waals surface area contributed by atoms with E-state index in [4.69, 9.17) is 5.11 Å². The molecule has 0 spiro atoms. The third kappa shape index (κ3) is 4.29. The molecule has 2 N–H and O–H groups in total. The summed E-state index contributed by atoms with van der Waals surface area (Å²) in [5, 5.41) is 11.7. The van der Waals surface area contributed by atoms with E-state index in [-0.39, 0.29) is 18.4 Å². The molecule has 0 heterocycles. The van der Waals surface area contributed by atoms with Gasteiger partial charge in [-0.2, -0.15) is 0 Å². The zero-order valence-corrected chi connectivity index (χ0v) is 10.7. The summed E-state index contributed by atoms with van der Waals surface area (Å²) in [6.45, 7) is 1.53. The van der Waals surface area contributed by atoms with Crippen molar-refractivity contribution in [3.05, 3.63) is 34.1 Å². The zero-order valence-electron chi connectivity index (χ0n) is 9.13. The fourth-order valence-electron chi connectivity index (χ4n) is 1.35. The summed E-state index contributed by atoms with van der Waals surface area (Å²) in [6, 6.07) is 3.89. The molecule has 0 amide bonds. The van der Waals surface area contributed by atoms with Crippen LogP contribution in [0.15, 0.2) is 22.7 Å². The van der Waals surface area contributed by atoms with E-state index in [2.05, 4.69) is 21.2 Å². The predicted octanol–water partition coefficient (Wildman–Crippen LogP) is 2.86. The van der Waals surface area contributed by atoms with Crippen LogP contribution in [0.5, 0.6) is 0 Å². The normalized spacial score (nSPS) is 15.0. The number of alkyl halides is 2. The molecule has 0 aliphatic rings. The van der Waals surface area contributed by atoms with Crippen LogP contribution in [0.1, 0.15) is 18.5 Å². The first-order chi connectivity index (χ1) is 7.91. The Labute approximate surface area is 106 Å². The van der Waals surface area contributed by atoms with E-state index in [0.29, 0.717) is 4.47 Å². The Hall–Kier alpha value is -0.590. The van der Waals surface area contributed by atoms with Gasteiger partial charge in [0.25, 0.3) is 6.43 Å². The van der Waals surface area contributed by atoms with Crippen molar-refractivity contribution in [2.75, 3.05) is 6.54 Å². The summed E-state index contributed by atoms with van der Waals surface area (Å²) in [5.74, 6) is -0.375. The van der Waals surface area contributed by atoms with E-state index in [0.717, 1.165) is 5.56 Å². The summed E-state index contributed by atoms with van der Waals surface area (Å²) in [7, 11) is 0. The maximum Gasteiger partial charge on any atom is 0.265 e. The molecule has 0 saturated heterocycles. The van der Waals surface area contributed by atoms with Gasteiger partial charge in [-0.05, 0) is 24.6 Å². The largest absolute Gasteiger partial charge is 0.386 e. The first-order valence-electron chi connectivity index (χ1n) is 5.06. The summed E-state index contributed by atoms with van der Waals surface area (Å²) in [4.78, 5) is 0. The van der Waals surface area contributed by atoms with Crippen LogP contribution in [-0.4, -0.2) is 24.2 Å². The average molecular weight is 312 g/mol. The van der Waals surface area contributed by atoms with Gasteiger partial charge in [0, 0.05) is 17.1 Å². The second-order valence-corrected chi connectivity index (χ2v) is 4.55. The molecule has 0 bridgehead atoms. The van der Waals surface area contributed by atoms with Crippen molar-refractivity contribution in [2.45, 2.75) is 25.5 Å². The van der Waals surface area contributed by atoms with Crippen LogP contribution in [0.25, 0.3) is 0 Å². The Morgan fingerprint density at radius 2 is 2.06 bits per heavy atom.